The Labute approximate surface area is 168 Å². The van der Waals surface area contributed by atoms with Crippen molar-refractivity contribution in [3.63, 3.8) is 0 Å². The first-order chi connectivity index (χ1) is 14.0. The SMILES string of the molecule is COc1ccc(NC(N)=Nc2nc(C)c(Cc3ccccc3)c(=O)[nH]2)c(OC)c1. The number of nitrogens with two attached hydrogens (primary N) is 1. The van der Waals surface area contributed by atoms with Gasteiger partial charge in [-0.1, -0.05) is 30.3 Å². The van der Waals surface area contributed by atoms with E-state index in [-0.39, 0.29) is 17.5 Å². The van der Waals surface area contributed by atoms with E-state index in [1.54, 1.807) is 39.3 Å². The molecular formula is C21H23N5O3. The molecule has 0 aliphatic rings. The molecular weight excluding hydrogens is 370 g/mol. The standard InChI is InChI=1S/C21H23N5O3/c1-13-16(11-14-7-5-4-6-8-14)19(27)25-21(23-13)26-20(22)24-17-10-9-15(28-2)12-18(17)29-3/h4-10,12H,11H2,1-3H3,(H4,22,23,24,25,26,27). The number of aromatic nitrogens is 2. The second-order valence-electron chi connectivity index (χ2n) is 6.30. The first kappa shape index (κ1) is 19.9. The highest BCUT2D eigenvalue weighted by atomic mass is 16.5. The van der Waals surface area contributed by atoms with Gasteiger partial charge in [-0.2, -0.15) is 4.99 Å². The van der Waals surface area contributed by atoms with Crippen molar-refractivity contribution in [3.05, 3.63) is 75.7 Å². The van der Waals surface area contributed by atoms with Gasteiger partial charge in [0, 0.05) is 18.1 Å². The van der Waals surface area contributed by atoms with Gasteiger partial charge in [0.2, 0.25) is 11.9 Å². The number of aromatic amines is 1. The lowest BCUT2D eigenvalue weighted by atomic mass is 10.1. The van der Waals surface area contributed by atoms with Gasteiger partial charge in [0.15, 0.2) is 0 Å². The number of aliphatic imine (C=N–C) groups is 1. The average molecular weight is 393 g/mol. The number of ether oxygens (including phenoxy) is 2. The van der Waals surface area contributed by atoms with Gasteiger partial charge >= 0.3 is 0 Å². The predicted molar refractivity (Wildman–Crippen MR) is 113 cm³/mol. The summed E-state index contributed by atoms with van der Waals surface area (Å²) in [4.78, 5) is 23.7. The largest absolute Gasteiger partial charge is 0.497 e. The third-order valence-corrected chi connectivity index (χ3v) is 4.33. The molecule has 0 radical (unpaired) electrons. The van der Waals surface area contributed by atoms with Gasteiger partial charge < -0.3 is 20.5 Å². The molecule has 0 fully saturated rings. The van der Waals surface area contributed by atoms with E-state index in [2.05, 4.69) is 20.3 Å². The van der Waals surface area contributed by atoms with Crippen molar-refractivity contribution in [2.45, 2.75) is 13.3 Å². The first-order valence-corrected chi connectivity index (χ1v) is 8.97. The Kier molecular flexibility index (Phi) is 6.13. The van der Waals surface area contributed by atoms with Crippen molar-refractivity contribution in [3.8, 4) is 11.5 Å². The van der Waals surface area contributed by atoms with Crippen LogP contribution in [0.15, 0.2) is 58.3 Å². The van der Waals surface area contributed by atoms with Gasteiger partial charge in [0.1, 0.15) is 11.5 Å². The lowest BCUT2D eigenvalue weighted by molar-refractivity contribution is 0.395. The molecule has 0 aliphatic heterocycles. The number of nitrogens with zero attached hydrogens (tertiary/aromatic N) is 2. The minimum absolute atomic E-state index is 0.0619. The van der Waals surface area contributed by atoms with Crippen LogP contribution in [-0.4, -0.2) is 30.1 Å². The fraction of sp³-hybridized carbons (Fsp3) is 0.190. The number of benzene rings is 2. The van der Waals surface area contributed by atoms with Gasteiger partial charge in [0.25, 0.3) is 5.56 Å². The Bertz CT molecular complexity index is 1080. The lowest BCUT2D eigenvalue weighted by Crippen LogP contribution is -2.23. The molecule has 8 nitrogen and oxygen atoms in total. The lowest BCUT2D eigenvalue weighted by Gasteiger charge is -2.12. The van der Waals surface area contributed by atoms with Crippen LogP contribution in [0.4, 0.5) is 11.6 Å². The second-order valence-corrected chi connectivity index (χ2v) is 6.30. The molecule has 4 N–H and O–H groups in total. The van der Waals surface area contributed by atoms with E-state index in [4.69, 9.17) is 15.2 Å². The van der Waals surface area contributed by atoms with Crippen molar-refractivity contribution in [1.82, 2.24) is 9.97 Å². The number of hydrogen-bond acceptors (Lipinski definition) is 5. The molecule has 0 saturated heterocycles. The number of anilines is 1. The third-order valence-electron chi connectivity index (χ3n) is 4.33. The maximum Gasteiger partial charge on any atom is 0.256 e. The maximum atomic E-state index is 12.5. The molecule has 8 heteroatoms. The van der Waals surface area contributed by atoms with E-state index in [0.29, 0.717) is 34.9 Å². The smallest absolute Gasteiger partial charge is 0.256 e. The van der Waals surface area contributed by atoms with Crippen LogP contribution in [0.3, 0.4) is 0 Å². The predicted octanol–water partition coefficient (Wildman–Crippen LogP) is 2.74. The highest BCUT2D eigenvalue weighted by Crippen LogP contribution is 2.28. The monoisotopic (exact) mass is 393 g/mol. The summed E-state index contributed by atoms with van der Waals surface area (Å²) >= 11 is 0. The van der Waals surface area contributed by atoms with Crippen LogP contribution in [0.25, 0.3) is 0 Å². The molecule has 3 aromatic rings. The molecule has 0 amide bonds. The van der Waals surface area contributed by atoms with E-state index in [0.717, 1.165) is 5.56 Å². The fourth-order valence-electron chi connectivity index (χ4n) is 2.84. The quantitative estimate of drug-likeness (QED) is 0.438. The fourth-order valence-corrected chi connectivity index (χ4v) is 2.84. The van der Waals surface area contributed by atoms with Crippen LogP contribution >= 0.6 is 0 Å². The molecule has 0 bridgehead atoms. The van der Waals surface area contributed by atoms with Crippen molar-refractivity contribution < 1.29 is 9.47 Å². The van der Waals surface area contributed by atoms with Gasteiger partial charge in [-0.25, -0.2) is 4.98 Å². The summed E-state index contributed by atoms with van der Waals surface area (Å²) in [5.41, 5.74) is 8.58. The van der Waals surface area contributed by atoms with E-state index in [1.165, 1.54) is 0 Å². The molecule has 150 valence electrons. The minimum atomic E-state index is -0.241. The number of hydrogen-bond donors (Lipinski definition) is 3. The topological polar surface area (TPSA) is 115 Å². The van der Waals surface area contributed by atoms with Gasteiger partial charge in [-0.05, 0) is 24.6 Å². The molecule has 0 spiro atoms. The molecule has 0 atom stereocenters. The van der Waals surface area contributed by atoms with Crippen molar-refractivity contribution >= 4 is 17.6 Å². The van der Waals surface area contributed by atoms with E-state index in [1.807, 2.05) is 30.3 Å². The normalized spacial score (nSPS) is 11.2. The van der Waals surface area contributed by atoms with Crippen LogP contribution in [0.5, 0.6) is 11.5 Å². The Balaban J connectivity index is 1.82. The van der Waals surface area contributed by atoms with E-state index < -0.39 is 0 Å². The summed E-state index contributed by atoms with van der Waals surface area (Å²) in [7, 11) is 3.12. The molecule has 2 aromatic carbocycles. The van der Waals surface area contributed by atoms with Crippen LogP contribution in [0, 0.1) is 6.92 Å². The number of rotatable bonds is 6. The maximum absolute atomic E-state index is 12.5. The second kappa shape index (κ2) is 8.92. The number of methoxy groups -OCH3 is 2. The highest BCUT2D eigenvalue weighted by molar-refractivity contribution is 5.95. The van der Waals surface area contributed by atoms with Gasteiger partial charge in [-0.15, -0.1) is 0 Å². The Morgan fingerprint density at radius 1 is 1.17 bits per heavy atom. The summed E-state index contributed by atoms with van der Waals surface area (Å²) in [5.74, 6) is 1.38. The number of guanidine groups is 1. The molecule has 0 aliphatic carbocycles. The van der Waals surface area contributed by atoms with Crippen LogP contribution in [-0.2, 0) is 6.42 Å². The molecule has 1 aromatic heterocycles. The van der Waals surface area contributed by atoms with E-state index >= 15 is 0 Å². The molecule has 0 unspecified atom stereocenters. The van der Waals surface area contributed by atoms with Crippen LogP contribution < -0.4 is 26.1 Å². The Morgan fingerprint density at radius 3 is 2.59 bits per heavy atom. The number of nitrogens with one attached hydrogen (secondary N) is 2. The molecule has 1 heterocycles. The zero-order valence-corrected chi connectivity index (χ0v) is 16.5. The van der Waals surface area contributed by atoms with Gasteiger partial charge in [-0.3, -0.25) is 9.78 Å². The van der Waals surface area contributed by atoms with Crippen molar-refractivity contribution in [2.75, 3.05) is 19.5 Å². The zero-order valence-electron chi connectivity index (χ0n) is 16.5. The molecule has 3 rings (SSSR count). The summed E-state index contributed by atoms with van der Waals surface area (Å²) in [6.07, 6.45) is 0.496. The minimum Gasteiger partial charge on any atom is -0.497 e. The summed E-state index contributed by atoms with van der Waals surface area (Å²) < 4.78 is 10.5. The zero-order chi connectivity index (χ0) is 20.8. The summed E-state index contributed by atoms with van der Waals surface area (Å²) in [6, 6.07) is 15.0. The van der Waals surface area contributed by atoms with Crippen molar-refractivity contribution in [2.24, 2.45) is 10.7 Å². The molecule has 29 heavy (non-hydrogen) atoms. The number of H-pyrrole nitrogens is 1. The van der Waals surface area contributed by atoms with E-state index in [9.17, 15) is 4.79 Å². The van der Waals surface area contributed by atoms with Crippen LogP contribution in [0.1, 0.15) is 16.8 Å². The average Bonchev–Trinajstić information content (AvgIpc) is 2.71. The Hall–Kier alpha value is -3.81. The summed E-state index contributed by atoms with van der Waals surface area (Å²) in [6.45, 7) is 1.78. The molecule has 0 saturated carbocycles. The van der Waals surface area contributed by atoms with Gasteiger partial charge in [0.05, 0.1) is 25.6 Å². The number of aryl methyl sites for hydroxylation is 1. The highest BCUT2D eigenvalue weighted by Gasteiger charge is 2.10. The van der Waals surface area contributed by atoms with Crippen molar-refractivity contribution in [1.29, 1.82) is 0 Å². The third kappa shape index (κ3) is 4.92. The first-order valence-electron chi connectivity index (χ1n) is 8.97. The van der Waals surface area contributed by atoms with Crippen LogP contribution in [0.2, 0.25) is 0 Å². The Morgan fingerprint density at radius 2 is 1.93 bits per heavy atom. The summed E-state index contributed by atoms with van der Waals surface area (Å²) in [5, 5.41) is 2.94.